The van der Waals surface area contributed by atoms with E-state index in [1.54, 1.807) is 18.4 Å². The maximum Gasteiger partial charge on any atom is 0.157 e. The van der Waals surface area contributed by atoms with Crippen LogP contribution in [0.2, 0.25) is 0 Å². The van der Waals surface area contributed by atoms with Crippen LogP contribution in [-0.4, -0.2) is 24.6 Å². The third-order valence-electron chi connectivity index (χ3n) is 2.44. The summed E-state index contributed by atoms with van der Waals surface area (Å²) in [5.41, 5.74) is 0. The van der Waals surface area contributed by atoms with Gasteiger partial charge >= 0.3 is 0 Å². The zero-order valence-electron chi connectivity index (χ0n) is 8.59. The van der Waals surface area contributed by atoms with Crippen LogP contribution in [0.4, 0.5) is 0 Å². The smallest absolute Gasteiger partial charge is 0.157 e. The van der Waals surface area contributed by atoms with Crippen molar-refractivity contribution in [1.29, 1.82) is 0 Å². The van der Waals surface area contributed by atoms with Crippen LogP contribution in [0.25, 0.3) is 0 Å². The predicted molar refractivity (Wildman–Crippen MR) is 53.2 cm³/mol. The third kappa shape index (κ3) is 3.06. The van der Waals surface area contributed by atoms with Crippen molar-refractivity contribution < 1.29 is 19.0 Å². The van der Waals surface area contributed by atoms with E-state index in [9.17, 15) is 5.11 Å². The Labute approximate surface area is 88.8 Å². The van der Waals surface area contributed by atoms with Gasteiger partial charge in [0.1, 0.15) is 11.9 Å². The highest BCUT2D eigenvalue weighted by molar-refractivity contribution is 5.01. The molecule has 1 aliphatic heterocycles. The van der Waals surface area contributed by atoms with Crippen LogP contribution < -0.4 is 0 Å². The number of hydrogen-bond acceptors (Lipinski definition) is 4. The molecule has 0 aromatic carbocycles. The molecule has 1 N–H and O–H groups in total. The summed E-state index contributed by atoms with van der Waals surface area (Å²) < 4.78 is 15.9. The summed E-state index contributed by atoms with van der Waals surface area (Å²) in [6.45, 7) is 1.50. The maximum absolute atomic E-state index is 9.74. The van der Waals surface area contributed by atoms with E-state index in [1.165, 1.54) is 0 Å². The molecule has 15 heavy (non-hydrogen) atoms. The van der Waals surface area contributed by atoms with Crippen molar-refractivity contribution in [3.05, 3.63) is 24.2 Å². The van der Waals surface area contributed by atoms with Crippen LogP contribution in [-0.2, 0) is 9.47 Å². The van der Waals surface area contributed by atoms with Gasteiger partial charge in [0.25, 0.3) is 0 Å². The summed E-state index contributed by atoms with van der Waals surface area (Å²) in [5, 5.41) is 9.74. The molecule has 2 rings (SSSR count). The number of aliphatic hydroxyl groups is 1. The maximum atomic E-state index is 9.74. The van der Waals surface area contributed by atoms with Gasteiger partial charge in [-0.25, -0.2) is 0 Å². The van der Waals surface area contributed by atoms with Gasteiger partial charge in [-0.15, -0.1) is 0 Å². The van der Waals surface area contributed by atoms with Gasteiger partial charge in [0.05, 0.1) is 19.5 Å². The van der Waals surface area contributed by atoms with Gasteiger partial charge in [-0.3, -0.25) is 0 Å². The average Bonchev–Trinajstić information content (AvgIpc) is 2.81. The Morgan fingerprint density at radius 1 is 1.40 bits per heavy atom. The Kier molecular flexibility index (Phi) is 3.77. The van der Waals surface area contributed by atoms with E-state index in [0.717, 1.165) is 19.6 Å². The van der Waals surface area contributed by atoms with Crippen LogP contribution in [0, 0.1) is 0 Å². The van der Waals surface area contributed by atoms with Gasteiger partial charge in [0, 0.05) is 6.42 Å². The monoisotopic (exact) mass is 212 g/mol. The van der Waals surface area contributed by atoms with Gasteiger partial charge in [-0.05, 0) is 25.0 Å². The molecule has 2 heterocycles. The molecule has 84 valence electrons. The normalized spacial score (nSPS) is 20.3. The molecule has 0 amide bonds. The van der Waals surface area contributed by atoms with E-state index in [1.807, 2.05) is 0 Å². The molecule has 1 fully saturated rings. The molecule has 0 unspecified atom stereocenters. The summed E-state index contributed by atoms with van der Waals surface area (Å²) in [5.74, 6) is 0.603. The second-order valence-corrected chi connectivity index (χ2v) is 3.63. The lowest BCUT2D eigenvalue weighted by Crippen LogP contribution is -2.25. The Hall–Kier alpha value is -0.840. The standard InChI is InChI=1S/C11H16O4/c12-9(10-3-1-6-13-10)4-5-11-14-7-2-8-15-11/h1,3,6,9,11-12H,2,4-5,7-8H2/t9-/m1/s1. The van der Waals surface area contributed by atoms with Crippen molar-refractivity contribution >= 4 is 0 Å². The number of furan rings is 1. The van der Waals surface area contributed by atoms with Gasteiger partial charge in [0.2, 0.25) is 0 Å². The minimum absolute atomic E-state index is 0.164. The second-order valence-electron chi connectivity index (χ2n) is 3.63. The molecular formula is C11H16O4. The fourth-order valence-electron chi connectivity index (χ4n) is 1.62. The average molecular weight is 212 g/mol. The van der Waals surface area contributed by atoms with Crippen molar-refractivity contribution in [2.24, 2.45) is 0 Å². The summed E-state index contributed by atoms with van der Waals surface area (Å²) in [6.07, 6.45) is 3.08. The molecule has 0 aliphatic carbocycles. The van der Waals surface area contributed by atoms with E-state index in [0.29, 0.717) is 18.6 Å². The zero-order valence-corrected chi connectivity index (χ0v) is 8.59. The Balaban J connectivity index is 1.73. The number of rotatable bonds is 4. The van der Waals surface area contributed by atoms with Crippen LogP contribution in [0.5, 0.6) is 0 Å². The number of hydrogen-bond donors (Lipinski definition) is 1. The molecular weight excluding hydrogens is 196 g/mol. The molecule has 0 radical (unpaired) electrons. The lowest BCUT2D eigenvalue weighted by atomic mass is 10.1. The van der Waals surface area contributed by atoms with Crippen LogP contribution in [0.15, 0.2) is 22.8 Å². The van der Waals surface area contributed by atoms with E-state index >= 15 is 0 Å². The van der Waals surface area contributed by atoms with E-state index in [4.69, 9.17) is 13.9 Å². The van der Waals surface area contributed by atoms with Crippen molar-refractivity contribution in [3.8, 4) is 0 Å². The Morgan fingerprint density at radius 3 is 2.87 bits per heavy atom. The quantitative estimate of drug-likeness (QED) is 0.827. The summed E-state index contributed by atoms with van der Waals surface area (Å²) in [4.78, 5) is 0. The fraction of sp³-hybridized carbons (Fsp3) is 0.636. The molecule has 1 saturated heterocycles. The summed E-state index contributed by atoms with van der Waals surface area (Å²) in [6, 6.07) is 3.54. The lowest BCUT2D eigenvalue weighted by Gasteiger charge is -2.23. The largest absolute Gasteiger partial charge is 0.467 e. The van der Waals surface area contributed by atoms with E-state index < -0.39 is 6.10 Å². The molecule has 1 aliphatic rings. The van der Waals surface area contributed by atoms with E-state index in [2.05, 4.69) is 0 Å². The minimum Gasteiger partial charge on any atom is -0.467 e. The number of ether oxygens (including phenoxy) is 2. The van der Waals surface area contributed by atoms with Crippen molar-refractivity contribution in [2.45, 2.75) is 31.7 Å². The van der Waals surface area contributed by atoms with Gasteiger partial charge in [0.15, 0.2) is 6.29 Å². The highest BCUT2D eigenvalue weighted by atomic mass is 16.7. The first-order valence-corrected chi connectivity index (χ1v) is 5.31. The summed E-state index contributed by atoms with van der Waals surface area (Å²) >= 11 is 0. The fourth-order valence-corrected chi connectivity index (χ4v) is 1.62. The molecule has 0 spiro atoms. The van der Waals surface area contributed by atoms with Gasteiger partial charge in [-0.2, -0.15) is 0 Å². The first-order chi connectivity index (χ1) is 7.36. The topological polar surface area (TPSA) is 51.8 Å². The van der Waals surface area contributed by atoms with Crippen molar-refractivity contribution in [2.75, 3.05) is 13.2 Å². The molecule has 1 atom stereocenters. The first kappa shape index (κ1) is 10.7. The Bertz CT molecular complexity index is 264. The highest BCUT2D eigenvalue weighted by Crippen LogP contribution is 2.21. The molecule has 0 bridgehead atoms. The summed E-state index contributed by atoms with van der Waals surface area (Å²) in [7, 11) is 0. The lowest BCUT2D eigenvalue weighted by molar-refractivity contribution is -0.184. The molecule has 0 saturated carbocycles. The molecule has 1 aromatic rings. The van der Waals surface area contributed by atoms with Crippen molar-refractivity contribution in [1.82, 2.24) is 0 Å². The zero-order chi connectivity index (χ0) is 10.5. The Morgan fingerprint density at radius 2 is 2.20 bits per heavy atom. The number of aliphatic hydroxyl groups excluding tert-OH is 1. The van der Waals surface area contributed by atoms with Gasteiger partial charge in [-0.1, -0.05) is 0 Å². The van der Waals surface area contributed by atoms with Crippen molar-refractivity contribution in [3.63, 3.8) is 0 Å². The second kappa shape index (κ2) is 5.30. The minimum atomic E-state index is -0.561. The van der Waals surface area contributed by atoms with Gasteiger partial charge < -0.3 is 19.0 Å². The molecule has 4 nitrogen and oxygen atoms in total. The van der Waals surface area contributed by atoms with Crippen LogP contribution >= 0.6 is 0 Å². The van der Waals surface area contributed by atoms with E-state index in [-0.39, 0.29) is 6.29 Å². The third-order valence-corrected chi connectivity index (χ3v) is 2.44. The molecule has 1 aromatic heterocycles. The predicted octanol–water partition coefficient (Wildman–Crippen LogP) is 1.86. The highest BCUT2D eigenvalue weighted by Gasteiger charge is 2.17. The van der Waals surface area contributed by atoms with Crippen LogP contribution in [0.1, 0.15) is 31.1 Å². The SMILES string of the molecule is O[C@H](CCC1OCCCO1)c1ccco1. The molecule has 4 heteroatoms. The first-order valence-electron chi connectivity index (χ1n) is 5.31. The van der Waals surface area contributed by atoms with Crippen LogP contribution in [0.3, 0.4) is 0 Å².